The predicted molar refractivity (Wildman–Crippen MR) is 122 cm³/mol. The van der Waals surface area contributed by atoms with Gasteiger partial charge in [0.2, 0.25) is 23.6 Å². The largest absolute Gasteiger partial charge is 0.373 e. The lowest BCUT2D eigenvalue weighted by Crippen LogP contribution is -2.56. The maximum Gasteiger partial charge on any atom is 0.220 e. The first kappa shape index (κ1) is 27.0. The molecule has 0 spiro atoms. The van der Waals surface area contributed by atoms with Crippen LogP contribution in [0.5, 0.6) is 0 Å². The zero-order chi connectivity index (χ0) is 24.1. The van der Waals surface area contributed by atoms with Crippen molar-refractivity contribution in [2.45, 2.75) is 77.4 Å². The number of rotatable bonds is 18. The number of carbonyl (C=O) groups is 4. The Hall–Kier alpha value is -2.20. The van der Waals surface area contributed by atoms with Gasteiger partial charge in [-0.25, -0.2) is 0 Å². The van der Waals surface area contributed by atoms with Gasteiger partial charge >= 0.3 is 0 Å². The number of hydrogen-bond acceptors (Lipinski definition) is 6. The van der Waals surface area contributed by atoms with E-state index in [-0.39, 0.29) is 62.0 Å². The van der Waals surface area contributed by atoms with E-state index in [0.29, 0.717) is 64.6 Å². The summed E-state index contributed by atoms with van der Waals surface area (Å²) >= 11 is 0. The first-order valence-electron chi connectivity index (χ1n) is 12.2. The van der Waals surface area contributed by atoms with Crippen molar-refractivity contribution in [1.29, 1.82) is 0 Å². The van der Waals surface area contributed by atoms with Crippen molar-refractivity contribution >= 4 is 23.6 Å². The SMILES string of the molecule is CCCC(=O)NCC(CNC(=O)CCC)(CNC(=O)CCC1CO1)CNC(=O)CCC1CO1. The molecule has 10 heteroatoms. The van der Waals surface area contributed by atoms with Crippen molar-refractivity contribution in [3.63, 3.8) is 0 Å². The third-order valence-electron chi connectivity index (χ3n) is 5.79. The van der Waals surface area contributed by atoms with Crippen LogP contribution in [0.15, 0.2) is 0 Å². The molecule has 0 saturated carbocycles. The highest BCUT2D eigenvalue weighted by molar-refractivity contribution is 5.78. The van der Waals surface area contributed by atoms with Gasteiger partial charge in [0.05, 0.1) is 25.4 Å². The van der Waals surface area contributed by atoms with Crippen molar-refractivity contribution in [1.82, 2.24) is 21.3 Å². The standard InChI is InChI=1S/C23H40N4O6/c1-3-5-19(28)24-13-23(14-25-20(29)6-4-2,15-26-21(30)9-7-17-11-32-17)16-27-22(31)10-8-18-12-33-18/h17-18H,3-16H2,1-2H3,(H,24,28)(H,25,29)(H,26,30)(H,27,31). The number of ether oxygens (including phenoxy) is 2. The number of amides is 4. The minimum absolute atomic E-state index is 0.101. The summed E-state index contributed by atoms with van der Waals surface area (Å²) in [5.41, 5.74) is -0.760. The lowest BCUT2D eigenvalue weighted by Gasteiger charge is -2.35. The van der Waals surface area contributed by atoms with E-state index in [9.17, 15) is 19.2 Å². The highest BCUT2D eigenvalue weighted by Crippen LogP contribution is 2.18. The third kappa shape index (κ3) is 12.0. The van der Waals surface area contributed by atoms with Crippen LogP contribution in [0, 0.1) is 5.41 Å². The van der Waals surface area contributed by atoms with E-state index in [0.717, 1.165) is 0 Å². The summed E-state index contributed by atoms with van der Waals surface area (Å²) in [5.74, 6) is -0.439. The minimum Gasteiger partial charge on any atom is -0.373 e. The average molecular weight is 469 g/mol. The first-order valence-corrected chi connectivity index (χ1v) is 12.2. The van der Waals surface area contributed by atoms with Gasteiger partial charge in [-0.2, -0.15) is 0 Å². The van der Waals surface area contributed by atoms with E-state index >= 15 is 0 Å². The highest BCUT2D eigenvalue weighted by Gasteiger charge is 2.33. The number of nitrogens with one attached hydrogen (secondary N) is 4. The molecule has 2 rings (SSSR count). The lowest BCUT2D eigenvalue weighted by molar-refractivity contribution is -0.122. The van der Waals surface area contributed by atoms with Crippen LogP contribution in [0.3, 0.4) is 0 Å². The van der Waals surface area contributed by atoms with E-state index in [4.69, 9.17) is 9.47 Å². The van der Waals surface area contributed by atoms with Crippen LogP contribution in [-0.2, 0) is 28.7 Å². The molecule has 4 amide bonds. The fraction of sp³-hybridized carbons (Fsp3) is 0.826. The van der Waals surface area contributed by atoms with E-state index in [1.54, 1.807) is 0 Å². The zero-order valence-corrected chi connectivity index (χ0v) is 20.0. The normalized spacial score (nSPS) is 18.8. The molecular formula is C23H40N4O6. The molecule has 2 heterocycles. The van der Waals surface area contributed by atoms with E-state index in [1.165, 1.54) is 0 Å². The molecule has 0 radical (unpaired) electrons. The van der Waals surface area contributed by atoms with Gasteiger partial charge in [-0.3, -0.25) is 19.2 Å². The molecule has 0 aromatic rings. The van der Waals surface area contributed by atoms with Crippen LogP contribution < -0.4 is 21.3 Å². The third-order valence-corrected chi connectivity index (χ3v) is 5.79. The summed E-state index contributed by atoms with van der Waals surface area (Å²) in [7, 11) is 0. The van der Waals surface area contributed by atoms with Crippen molar-refractivity contribution in [2.75, 3.05) is 39.4 Å². The van der Waals surface area contributed by atoms with Crippen LogP contribution in [0.4, 0.5) is 0 Å². The van der Waals surface area contributed by atoms with Crippen molar-refractivity contribution < 1.29 is 28.7 Å². The summed E-state index contributed by atoms with van der Waals surface area (Å²) in [6, 6.07) is 0. The molecule has 0 aromatic heterocycles. The Morgan fingerprint density at radius 3 is 1.21 bits per heavy atom. The maximum atomic E-state index is 12.4. The lowest BCUT2D eigenvalue weighted by atomic mass is 9.86. The highest BCUT2D eigenvalue weighted by atomic mass is 16.6. The van der Waals surface area contributed by atoms with Crippen LogP contribution in [0.25, 0.3) is 0 Å². The van der Waals surface area contributed by atoms with E-state index in [1.807, 2.05) is 13.8 Å². The summed E-state index contributed by atoms with van der Waals surface area (Å²) in [6.45, 7) is 6.10. The topological polar surface area (TPSA) is 141 Å². The molecule has 2 aliphatic heterocycles. The Balaban J connectivity index is 2.01. The van der Waals surface area contributed by atoms with Gasteiger partial charge in [0, 0.05) is 57.3 Å². The molecule has 188 valence electrons. The van der Waals surface area contributed by atoms with Gasteiger partial charge < -0.3 is 30.7 Å². The average Bonchev–Trinajstić information content (AvgIpc) is 3.70. The Morgan fingerprint density at radius 1 is 0.636 bits per heavy atom. The molecule has 10 nitrogen and oxygen atoms in total. The first-order chi connectivity index (χ1) is 15.9. The summed E-state index contributed by atoms with van der Waals surface area (Å²) < 4.78 is 10.3. The molecule has 33 heavy (non-hydrogen) atoms. The molecule has 4 N–H and O–H groups in total. The molecule has 0 bridgehead atoms. The monoisotopic (exact) mass is 468 g/mol. The molecular weight excluding hydrogens is 428 g/mol. The Labute approximate surface area is 196 Å². The van der Waals surface area contributed by atoms with E-state index < -0.39 is 5.41 Å². The summed E-state index contributed by atoms with van der Waals surface area (Å²) in [5, 5.41) is 11.7. The second-order valence-corrected chi connectivity index (χ2v) is 9.09. The fourth-order valence-electron chi connectivity index (χ4n) is 3.38. The molecule has 2 saturated heterocycles. The fourth-order valence-corrected chi connectivity index (χ4v) is 3.38. The van der Waals surface area contributed by atoms with Gasteiger partial charge in [0.1, 0.15) is 0 Å². The predicted octanol–water partition coefficient (Wildman–Crippen LogP) is 0.396. The van der Waals surface area contributed by atoms with E-state index in [2.05, 4.69) is 21.3 Å². The molecule has 2 aliphatic rings. The van der Waals surface area contributed by atoms with Crippen molar-refractivity contribution in [3.05, 3.63) is 0 Å². The van der Waals surface area contributed by atoms with Crippen LogP contribution in [0.2, 0.25) is 0 Å². The molecule has 2 fully saturated rings. The minimum atomic E-state index is -0.760. The number of hydrogen-bond donors (Lipinski definition) is 4. The number of epoxide rings is 2. The van der Waals surface area contributed by atoms with Gasteiger partial charge in [-0.15, -0.1) is 0 Å². The summed E-state index contributed by atoms with van der Waals surface area (Å²) in [4.78, 5) is 49.1. The zero-order valence-electron chi connectivity index (χ0n) is 20.0. The molecule has 0 aromatic carbocycles. The second kappa shape index (κ2) is 14.1. The van der Waals surface area contributed by atoms with Gasteiger partial charge in [-0.05, 0) is 25.7 Å². The second-order valence-electron chi connectivity index (χ2n) is 9.09. The maximum absolute atomic E-state index is 12.4. The van der Waals surface area contributed by atoms with Gasteiger partial charge in [0.25, 0.3) is 0 Å². The van der Waals surface area contributed by atoms with Crippen molar-refractivity contribution in [3.8, 4) is 0 Å². The summed E-state index contributed by atoms with van der Waals surface area (Å²) in [6.07, 6.45) is 4.56. The smallest absolute Gasteiger partial charge is 0.220 e. The van der Waals surface area contributed by atoms with Crippen LogP contribution in [-0.4, -0.2) is 75.2 Å². The van der Waals surface area contributed by atoms with Crippen molar-refractivity contribution in [2.24, 2.45) is 5.41 Å². The van der Waals surface area contributed by atoms with Crippen LogP contribution in [0.1, 0.15) is 65.2 Å². The Kier molecular flexibility index (Phi) is 11.6. The number of carbonyl (C=O) groups excluding carboxylic acids is 4. The van der Waals surface area contributed by atoms with Gasteiger partial charge in [0.15, 0.2) is 0 Å². The molecule has 2 unspecified atom stereocenters. The molecule has 2 atom stereocenters. The quantitative estimate of drug-likeness (QED) is 0.215. The Bertz CT molecular complexity index is 607. The Morgan fingerprint density at radius 2 is 0.939 bits per heavy atom. The molecule has 0 aliphatic carbocycles. The van der Waals surface area contributed by atoms with Gasteiger partial charge in [-0.1, -0.05) is 13.8 Å². The van der Waals surface area contributed by atoms with Crippen LogP contribution >= 0.6 is 0 Å².